The highest BCUT2D eigenvalue weighted by molar-refractivity contribution is 7.99. The number of carbonyl (C=O) groups is 2. The fourth-order valence-corrected chi connectivity index (χ4v) is 3.70. The third-order valence-electron chi connectivity index (χ3n) is 3.86. The molecule has 0 saturated carbocycles. The quantitative estimate of drug-likeness (QED) is 0.740. The highest BCUT2D eigenvalue weighted by Gasteiger charge is 2.44. The zero-order valence-corrected chi connectivity index (χ0v) is 12.2. The van der Waals surface area contributed by atoms with Crippen LogP contribution in [-0.2, 0) is 9.59 Å². The molecule has 1 unspecified atom stereocenters. The first kappa shape index (κ1) is 14.6. The number of carbonyl (C=O) groups excluding carboxylic acids is 1. The van der Waals surface area contributed by atoms with Gasteiger partial charge in [0.15, 0.2) is 0 Å². The molecule has 2 aliphatic rings. The Morgan fingerprint density at radius 1 is 1.32 bits per heavy atom. The summed E-state index contributed by atoms with van der Waals surface area (Å²) in [6, 6.07) is -0.681. The van der Waals surface area contributed by atoms with Gasteiger partial charge in [-0.3, -0.25) is 9.69 Å². The molecule has 0 radical (unpaired) electrons. The normalized spacial score (nSPS) is 25.6. The number of amides is 1. The molecule has 2 rings (SSSR count). The van der Waals surface area contributed by atoms with Crippen LogP contribution in [-0.4, -0.2) is 76.2 Å². The van der Waals surface area contributed by atoms with E-state index in [0.717, 1.165) is 26.2 Å². The Hall–Kier alpha value is -0.790. The Bertz CT molecular complexity index is 369. The predicted octanol–water partition coefficient (Wildman–Crippen LogP) is -0.344. The first-order chi connectivity index (χ1) is 8.94. The van der Waals surface area contributed by atoms with Gasteiger partial charge in [-0.1, -0.05) is 0 Å². The van der Waals surface area contributed by atoms with Crippen LogP contribution in [0.1, 0.15) is 13.8 Å². The second-order valence-electron chi connectivity index (χ2n) is 5.42. The van der Waals surface area contributed by atoms with Crippen LogP contribution in [0, 0.1) is 0 Å². The van der Waals surface area contributed by atoms with Crippen molar-refractivity contribution in [1.82, 2.24) is 15.1 Å². The van der Waals surface area contributed by atoms with Gasteiger partial charge in [-0.2, -0.15) is 0 Å². The average molecular weight is 287 g/mol. The molecular formula is C12H21N3O3S. The van der Waals surface area contributed by atoms with Crippen molar-refractivity contribution in [3.8, 4) is 0 Å². The van der Waals surface area contributed by atoms with Crippen molar-refractivity contribution >= 4 is 23.6 Å². The van der Waals surface area contributed by atoms with Gasteiger partial charge in [0.2, 0.25) is 5.91 Å². The molecule has 0 aromatic heterocycles. The summed E-state index contributed by atoms with van der Waals surface area (Å²) in [5.41, 5.74) is -0.638. The van der Waals surface area contributed by atoms with Crippen LogP contribution in [0.5, 0.6) is 0 Å². The van der Waals surface area contributed by atoms with Crippen LogP contribution >= 0.6 is 11.8 Å². The lowest BCUT2D eigenvalue weighted by molar-refractivity contribution is -0.153. The van der Waals surface area contributed by atoms with Gasteiger partial charge in [0.05, 0.1) is 11.4 Å². The second kappa shape index (κ2) is 5.68. The maximum atomic E-state index is 12.7. The second-order valence-corrected chi connectivity index (χ2v) is 6.42. The van der Waals surface area contributed by atoms with Crippen molar-refractivity contribution in [3.05, 3.63) is 0 Å². The minimum absolute atomic E-state index is 0.0770. The first-order valence-electron chi connectivity index (χ1n) is 6.52. The van der Waals surface area contributed by atoms with Gasteiger partial charge >= 0.3 is 5.97 Å². The third-order valence-corrected chi connectivity index (χ3v) is 4.87. The number of hydrogen-bond acceptors (Lipinski definition) is 5. The minimum atomic E-state index is -0.908. The highest BCUT2D eigenvalue weighted by atomic mass is 32.2. The van der Waals surface area contributed by atoms with Gasteiger partial charge < -0.3 is 15.3 Å². The molecule has 0 bridgehead atoms. The smallest absolute Gasteiger partial charge is 0.327 e. The number of rotatable bonds is 3. The van der Waals surface area contributed by atoms with Crippen molar-refractivity contribution in [2.45, 2.75) is 25.4 Å². The number of carboxylic acids is 1. The Morgan fingerprint density at radius 3 is 2.53 bits per heavy atom. The summed E-state index contributed by atoms with van der Waals surface area (Å²) in [6.07, 6.45) is 0. The predicted molar refractivity (Wildman–Crippen MR) is 74.1 cm³/mol. The summed E-state index contributed by atoms with van der Waals surface area (Å²) >= 11 is 1.50. The zero-order valence-electron chi connectivity index (χ0n) is 11.4. The lowest BCUT2D eigenvalue weighted by Gasteiger charge is -2.42. The van der Waals surface area contributed by atoms with Gasteiger partial charge in [-0.05, 0) is 13.8 Å². The fraction of sp³-hybridized carbons (Fsp3) is 0.833. The summed E-state index contributed by atoms with van der Waals surface area (Å²) in [4.78, 5) is 27.5. The molecule has 0 aromatic rings. The molecule has 1 amide bonds. The average Bonchev–Trinajstić information content (AvgIpc) is 2.88. The molecular weight excluding hydrogens is 266 g/mol. The van der Waals surface area contributed by atoms with Crippen LogP contribution in [0.4, 0.5) is 0 Å². The largest absolute Gasteiger partial charge is 0.480 e. The van der Waals surface area contributed by atoms with Crippen LogP contribution in [0.25, 0.3) is 0 Å². The van der Waals surface area contributed by atoms with Crippen molar-refractivity contribution in [1.29, 1.82) is 0 Å². The molecule has 2 heterocycles. The SMILES string of the molecule is CC(C)(C(=O)N1CSCC1C(=O)O)N1CCNCC1. The molecule has 0 spiro atoms. The summed E-state index contributed by atoms with van der Waals surface area (Å²) in [5.74, 6) is -0.0226. The molecule has 7 heteroatoms. The van der Waals surface area contributed by atoms with E-state index in [1.54, 1.807) is 0 Å². The molecule has 0 aromatic carbocycles. The molecule has 1 atom stereocenters. The number of nitrogens with zero attached hydrogens (tertiary/aromatic N) is 2. The number of aliphatic carboxylic acids is 1. The number of carboxylic acid groups (broad SMARTS) is 1. The number of hydrogen-bond donors (Lipinski definition) is 2. The molecule has 19 heavy (non-hydrogen) atoms. The Labute approximate surface area is 117 Å². The molecule has 6 nitrogen and oxygen atoms in total. The maximum Gasteiger partial charge on any atom is 0.327 e. The van der Waals surface area contributed by atoms with Gasteiger partial charge in [0.1, 0.15) is 6.04 Å². The van der Waals surface area contributed by atoms with Crippen LogP contribution in [0.2, 0.25) is 0 Å². The van der Waals surface area contributed by atoms with Crippen molar-refractivity contribution in [3.63, 3.8) is 0 Å². The van der Waals surface area contributed by atoms with Gasteiger partial charge in [0, 0.05) is 31.9 Å². The summed E-state index contributed by atoms with van der Waals surface area (Å²) in [6.45, 7) is 7.15. The summed E-state index contributed by atoms with van der Waals surface area (Å²) < 4.78 is 0. The molecule has 2 aliphatic heterocycles. The molecule has 108 valence electrons. The van der Waals surface area contributed by atoms with Crippen molar-refractivity contribution in [2.75, 3.05) is 37.8 Å². The van der Waals surface area contributed by atoms with E-state index in [1.807, 2.05) is 13.8 Å². The molecule has 2 saturated heterocycles. The standard InChI is InChI=1S/C12H21N3O3S/c1-12(2,14-5-3-13-4-6-14)11(18)15-8-19-7-9(15)10(16)17/h9,13H,3-8H2,1-2H3,(H,16,17). The van der Waals surface area contributed by atoms with E-state index in [2.05, 4.69) is 10.2 Å². The Morgan fingerprint density at radius 2 is 1.95 bits per heavy atom. The Kier molecular flexibility index (Phi) is 4.37. The lowest BCUT2D eigenvalue weighted by Crippen LogP contribution is -2.61. The highest BCUT2D eigenvalue weighted by Crippen LogP contribution is 2.27. The van der Waals surface area contributed by atoms with Gasteiger partial charge in [-0.25, -0.2) is 4.79 Å². The van der Waals surface area contributed by atoms with Crippen LogP contribution in [0.15, 0.2) is 0 Å². The van der Waals surface area contributed by atoms with Crippen LogP contribution < -0.4 is 5.32 Å². The van der Waals surface area contributed by atoms with E-state index < -0.39 is 17.6 Å². The van der Waals surface area contributed by atoms with Crippen molar-refractivity contribution < 1.29 is 14.7 Å². The number of thioether (sulfide) groups is 1. The van der Waals surface area contributed by atoms with E-state index in [9.17, 15) is 14.7 Å². The zero-order chi connectivity index (χ0) is 14.0. The van der Waals surface area contributed by atoms with E-state index in [-0.39, 0.29) is 5.91 Å². The van der Waals surface area contributed by atoms with Gasteiger partial charge in [0.25, 0.3) is 0 Å². The lowest BCUT2D eigenvalue weighted by atomic mass is 9.99. The van der Waals surface area contributed by atoms with Crippen molar-refractivity contribution in [2.24, 2.45) is 0 Å². The fourth-order valence-electron chi connectivity index (χ4n) is 2.56. The topological polar surface area (TPSA) is 72.9 Å². The monoisotopic (exact) mass is 287 g/mol. The van der Waals surface area contributed by atoms with E-state index in [1.165, 1.54) is 16.7 Å². The third kappa shape index (κ3) is 2.88. The van der Waals surface area contributed by atoms with E-state index in [0.29, 0.717) is 11.6 Å². The van der Waals surface area contributed by atoms with E-state index >= 15 is 0 Å². The first-order valence-corrected chi connectivity index (χ1v) is 7.67. The molecule has 2 fully saturated rings. The van der Waals surface area contributed by atoms with E-state index in [4.69, 9.17) is 0 Å². The summed E-state index contributed by atoms with van der Waals surface area (Å²) in [7, 11) is 0. The minimum Gasteiger partial charge on any atom is -0.480 e. The number of nitrogens with one attached hydrogen (secondary N) is 1. The maximum absolute atomic E-state index is 12.7. The Balaban J connectivity index is 2.10. The van der Waals surface area contributed by atoms with Gasteiger partial charge in [-0.15, -0.1) is 11.8 Å². The number of piperazine rings is 1. The summed E-state index contributed by atoms with van der Waals surface area (Å²) in [5, 5.41) is 12.4. The van der Waals surface area contributed by atoms with Crippen LogP contribution in [0.3, 0.4) is 0 Å². The molecule has 2 N–H and O–H groups in total. The molecule has 0 aliphatic carbocycles.